The smallest absolute Gasteiger partial charge is 0.218 e. The Morgan fingerprint density at radius 1 is 1.52 bits per heavy atom. The summed E-state index contributed by atoms with van der Waals surface area (Å²) in [6.45, 7) is 6.67. The molecule has 0 unspecified atom stereocenters. The molecule has 0 radical (unpaired) electrons. The maximum Gasteiger partial charge on any atom is 0.218 e. The molecular weight excluding hydrogens is 362 g/mol. The minimum Gasteiger partial charge on any atom is -0.396 e. The first-order valence-corrected chi connectivity index (χ1v) is 9.99. The molecule has 2 heterocycles. The second-order valence-corrected chi connectivity index (χ2v) is 7.62. The number of allylic oxidation sites excluding steroid dienone is 1. The standard InChI is InChI=1S/C15H23N5O3S2/c1-11(20(10-22)13-9-17-12(2)18-15(13)16)14(3-6-21)24-25-19-4-7-23-8-5-19/h9-10,21H,3-8H2,1-2H3,(H2,16,17,18)/b14-11-. The first-order valence-electron chi connectivity index (χ1n) is 7.88. The number of aryl methyl sites for hydroxylation is 1. The third-order valence-corrected chi connectivity index (χ3v) is 6.41. The molecule has 0 aliphatic carbocycles. The third kappa shape index (κ3) is 5.58. The van der Waals surface area contributed by atoms with Crippen LogP contribution in [0.25, 0.3) is 0 Å². The topological polar surface area (TPSA) is 105 Å². The van der Waals surface area contributed by atoms with E-state index in [0.29, 0.717) is 43.3 Å². The van der Waals surface area contributed by atoms with Crippen molar-refractivity contribution in [3.63, 3.8) is 0 Å². The lowest BCUT2D eigenvalue weighted by Crippen LogP contribution is -2.30. The van der Waals surface area contributed by atoms with Crippen LogP contribution >= 0.6 is 21.8 Å². The lowest BCUT2D eigenvalue weighted by Gasteiger charge is -2.26. The number of aliphatic hydroxyl groups is 1. The van der Waals surface area contributed by atoms with Gasteiger partial charge in [0.15, 0.2) is 5.82 Å². The molecule has 0 saturated carbocycles. The molecule has 1 saturated heterocycles. The van der Waals surface area contributed by atoms with Gasteiger partial charge in [0.2, 0.25) is 6.41 Å². The molecule has 3 N–H and O–H groups in total. The van der Waals surface area contributed by atoms with Crippen molar-refractivity contribution in [3.05, 3.63) is 22.6 Å². The van der Waals surface area contributed by atoms with Crippen LogP contribution in [0.1, 0.15) is 19.2 Å². The number of aromatic nitrogens is 2. The van der Waals surface area contributed by atoms with Gasteiger partial charge in [-0.1, -0.05) is 0 Å². The minimum atomic E-state index is -0.00405. The predicted octanol–water partition coefficient (Wildman–Crippen LogP) is 1.57. The fraction of sp³-hybridized carbons (Fsp3) is 0.533. The summed E-state index contributed by atoms with van der Waals surface area (Å²) in [6, 6.07) is 0. The molecule has 0 aromatic carbocycles. The van der Waals surface area contributed by atoms with Crippen molar-refractivity contribution >= 4 is 39.7 Å². The number of nitrogen functional groups attached to an aromatic ring is 1. The Hall–Kier alpha value is -1.33. The molecule has 8 nitrogen and oxygen atoms in total. The molecule has 0 atom stereocenters. The molecule has 1 aromatic rings. The van der Waals surface area contributed by atoms with E-state index in [1.165, 1.54) is 21.9 Å². The number of carbonyl (C=O) groups excluding carboxylic acids is 1. The van der Waals surface area contributed by atoms with Crippen LogP contribution in [0.2, 0.25) is 0 Å². The van der Waals surface area contributed by atoms with Crippen molar-refractivity contribution in [2.24, 2.45) is 0 Å². The summed E-state index contributed by atoms with van der Waals surface area (Å²) in [7, 11) is 3.13. The lowest BCUT2D eigenvalue weighted by atomic mass is 10.3. The maximum absolute atomic E-state index is 11.7. The van der Waals surface area contributed by atoms with Crippen LogP contribution < -0.4 is 10.6 Å². The van der Waals surface area contributed by atoms with E-state index < -0.39 is 0 Å². The van der Waals surface area contributed by atoms with Gasteiger partial charge in [-0.3, -0.25) is 9.69 Å². The summed E-state index contributed by atoms with van der Waals surface area (Å²) in [4.78, 5) is 22.2. The summed E-state index contributed by atoms with van der Waals surface area (Å²) < 4.78 is 7.54. The van der Waals surface area contributed by atoms with Crippen molar-refractivity contribution in [3.8, 4) is 0 Å². The number of hydrogen-bond donors (Lipinski definition) is 2. The number of amides is 1. The van der Waals surface area contributed by atoms with E-state index in [9.17, 15) is 9.90 Å². The van der Waals surface area contributed by atoms with E-state index >= 15 is 0 Å². The largest absolute Gasteiger partial charge is 0.396 e. The van der Waals surface area contributed by atoms with E-state index in [-0.39, 0.29) is 12.4 Å². The second-order valence-electron chi connectivity index (χ2n) is 5.34. The van der Waals surface area contributed by atoms with Gasteiger partial charge >= 0.3 is 0 Å². The number of nitrogens with zero attached hydrogens (tertiary/aromatic N) is 4. The van der Waals surface area contributed by atoms with E-state index in [1.54, 1.807) is 17.9 Å². The van der Waals surface area contributed by atoms with Gasteiger partial charge in [-0.05, 0) is 35.6 Å². The first-order chi connectivity index (χ1) is 12.1. The van der Waals surface area contributed by atoms with Crippen molar-refractivity contribution in [1.82, 2.24) is 14.3 Å². The summed E-state index contributed by atoms with van der Waals surface area (Å²) in [5, 5.41) is 9.39. The normalized spacial score (nSPS) is 16.4. The van der Waals surface area contributed by atoms with E-state index in [0.717, 1.165) is 18.0 Å². The van der Waals surface area contributed by atoms with Crippen molar-refractivity contribution in [1.29, 1.82) is 0 Å². The highest BCUT2D eigenvalue weighted by molar-refractivity contribution is 8.77. The van der Waals surface area contributed by atoms with Crippen LogP contribution in [-0.2, 0) is 9.53 Å². The van der Waals surface area contributed by atoms with Gasteiger partial charge < -0.3 is 15.6 Å². The van der Waals surface area contributed by atoms with Crippen LogP contribution in [0.4, 0.5) is 11.5 Å². The quantitative estimate of drug-likeness (QED) is 0.392. The molecule has 2 rings (SSSR count). The molecule has 1 aliphatic heterocycles. The van der Waals surface area contributed by atoms with E-state index in [4.69, 9.17) is 10.5 Å². The minimum absolute atomic E-state index is 0.00405. The number of hydrogen-bond acceptors (Lipinski definition) is 9. The van der Waals surface area contributed by atoms with Crippen molar-refractivity contribution in [2.45, 2.75) is 20.3 Å². The number of carbonyl (C=O) groups is 1. The fourth-order valence-corrected chi connectivity index (χ4v) is 4.75. The van der Waals surface area contributed by atoms with Crippen LogP contribution in [0.5, 0.6) is 0 Å². The van der Waals surface area contributed by atoms with E-state index in [1.807, 2.05) is 6.92 Å². The van der Waals surface area contributed by atoms with E-state index in [2.05, 4.69) is 14.3 Å². The Balaban J connectivity index is 2.20. The summed E-state index contributed by atoms with van der Waals surface area (Å²) in [6.07, 6.45) is 2.67. The van der Waals surface area contributed by atoms with Crippen molar-refractivity contribution < 1.29 is 14.6 Å². The first kappa shape index (κ1) is 20.0. The van der Waals surface area contributed by atoms with Gasteiger partial charge in [-0.25, -0.2) is 14.3 Å². The highest BCUT2D eigenvalue weighted by atomic mass is 33.1. The van der Waals surface area contributed by atoms with Crippen LogP contribution in [0.15, 0.2) is 16.8 Å². The lowest BCUT2D eigenvalue weighted by molar-refractivity contribution is -0.107. The molecule has 0 spiro atoms. The van der Waals surface area contributed by atoms with Gasteiger partial charge in [0.1, 0.15) is 11.5 Å². The van der Waals surface area contributed by atoms with Crippen LogP contribution in [0, 0.1) is 6.92 Å². The molecule has 1 amide bonds. The summed E-state index contributed by atoms with van der Waals surface area (Å²) in [5.74, 6) is 0.787. The van der Waals surface area contributed by atoms with Gasteiger partial charge in [0.05, 0.1) is 19.4 Å². The zero-order valence-electron chi connectivity index (χ0n) is 14.3. The number of ether oxygens (including phenoxy) is 1. The molecule has 1 aromatic heterocycles. The van der Waals surface area contributed by atoms with Gasteiger partial charge in [0, 0.05) is 36.7 Å². The Morgan fingerprint density at radius 3 is 2.84 bits per heavy atom. The number of anilines is 2. The maximum atomic E-state index is 11.7. The Labute approximate surface area is 155 Å². The summed E-state index contributed by atoms with van der Waals surface area (Å²) >= 11 is 0. The Morgan fingerprint density at radius 2 is 2.24 bits per heavy atom. The molecular formula is C15H23N5O3S2. The monoisotopic (exact) mass is 385 g/mol. The van der Waals surface area contributed by atoms with Gasteiger partial charge in [-0.2, -0.15) is 0 Å². The molecule has 1 aliphatic rings. The highest BCUT2D eigenvalue weighted by Crippen LogP contribution is 2.38. The number of nitrogens with two attached hydrogens (primary N) is 1. The average molecular weight is 386 g/mol. The zero-order chi connectivity index (χ0) is 18.2. The molecule has 10 heteroatoms. The van der Waals surface area contributed by atoms with Crippen LogP contribution in [-0.4, -0.2) is 58.7 Å². The number of rotatable bonds is 8. The summed E-state index contributed by atoms with van der Waals surface area (Å²) in [5.41, 5.74) is 7.08. The Kier molecular flexibility index (Phi) is 7.97. The Bertz CT molecular complexity index is 623. The second kappa shape index (κ2) is 9.97. The molecule has 0 bridgehead atoms. The molecule has 138 valence electrons. The predicted molar refractivity (Wildman–Crippen MR) is 102 cm³/mol. The zero-order valence-corrected chi connectivity index (χ0v) is 16.0. The SMILES string of the molecule is C/C(=C(\CCO)SSN1CCOCC1)N(C=O)c1cnc(C)nc1N. The average Bonchev–Trinajstić information content (AvgIpc) is 2.61. The van der Waals surface area contributed by atoms with Gasteiger partial charge in [-0.15, -0.1) is 0 Å². The van der Waals surface area contributed by atoms with Crippen molar-refractivity contribution in [2.75, 3.05) is 43.5 Å². The third-order valence-electron chi connectivity index (χ3n) is 3.60. The molecule has 1 fully saturated rings. The molecule has 25 heavy (non-hydrogen) atoms. The van der Waals surface area contributed by atoms with Gasteiger partial charge in [0.25, 0.3) is 0 Å². The fourth-order valence-electron chi connectivity index (χ4n) is 2.22. The number of morpholine rings is 1. The highest BCUT2D eigenvalue weighted by Gasteiger charge is 2.19. The number of aliphatic hydroxyl groups excluding tert-OH is 1. The van der Waals surface area contributed by atoms with Crippen LogP contribution in [0.3, 0.4) is 0 Å².